The third kappa shape index (κ3) is 4.38. The van der Waals surface area contributed by atoms with Gasteiger partial charge in [0.25, 0.3) is 5.91 Å². The monoisotopic (exact) mass is 320 g/mol. The van der Waals surface area contributed by atoms with Gasteiger partial charge in [0.1, 0.15) is 0 Å². The zero-order valence-corrected chi connectivity index (χ0v) is 14.6. The fraction of sp³-hybridized carbons (Fsp3) is 0.611. The minimum absolute atomic E-state index is 0.0484. The van der Waals surface area contributed by atoms with Gasteiger partial charge in [-0.25, -0.2) is 0 Å². The van der Waals surface area contributed by atoms with Gasteiger partial charge in [-0.2, -0.15) is 0 Å². The highest BCUT2D eigenvalue weighted by atomic mass is 16.5. The topological polar surface area (TPSA) is 50.8 Å². The zero-order chi connectivity index (χ0) is 16.8. The molecule has 0 saturated heterocycles. The van der Waals surface area contributed by atoms with Gasteiger partial charge in [0.2, 0.25) is 0 Å². The van der Waals surface area contributed by atoms with E-state index in [1.807, 2.05) is 19.9 Å². The largest absolute Gasteiger partial charge is 0.490 e. The van der Waals surface area contributed by atoms with Crippen molar-refractivity contribution in [1.29, 1.82) is 0 Å². The summed E-state index contributed by atoms with van der Waals surface area (Å²) in [4.78, 5) is 14.8. The fourth-order valence-corrected chi connectivity index (χ4v) is 3.17. The first-order valence-electron chi connectivity index (χ1n) is 8.43. The molecule has 2 rings (SSSR count). The first kappa shape index (κ1) is 17.6. The van der Waals surface area contributed by atoms with E-state index in [2.05, 4.69) is 24.3 Å². The van der Waals surface area contributed by atoms with Crippen LogP contribution in [0.1, 0.15) is 43.5 Å². The number of nitrogens with zero attached hydrogens (tertiary/aromatic N) is 1. The molecular weight excluding hydrogens is 292 g/mol. The summed E-state index contributed by atoms with van der Waals surface area (Å²) in [6, 6.07) is 5.99. The Labute approximate surface area is 139 Å². The summed E-state index contributed by atoms with van der Waals surface area (Å²) < 4.78 is 11.1. The standard InChI is InChI=1S/C18H28N2O3/c1-5-22-16-11-10-13(12-17(16)23-6-2)18(21)19-14-8-7-9-15(14)20(3)4/h10-12,14-15H,5-9H2,1-4H3,(H,19,21)/t14-,15-/m0/s1. The lowest BCUT2D eigenvalue weighted by Gasteiger charge is -2.27. The van der Waals surface area contributed by atoms with Gasteiger partial charge in [-0.3, -0.25) is 4.79 Å². The molecule has 0 heterocycles. The Morgan fingerprint density at radius 3 is 2.52 bits per heavy atom. The van der Waals surface area contributed by atoms with Crippen molar-refractivity contribution in [2.75, 3.05) is 27.3 Å². The average Bonchev–Trinajstić information content (AvgIpc) is 2.97. The van der Waals surface area contributed by atoms with Gasteiger partial charge in [0, 0.05) is 17.6 Å². The SMILES string of the molecule is CCOc1ccc(C(=O)N[C@H]2CCC[C@@H]2N(C)C)cc1OCC. The third-order valence-electron chi connectivity index (χ3n) is 4.26. The maximum absolute atomic E-state index is 12.6. The molecule has 0 bridgehead atoms. The van der Waals surface area contributed by atoms with E-state index in [0.29, 0.717) is 36.3 Å². The second kappa shape index (κ2) is 8.20. The molecular formula is C18H28N2O3. The summed E-state index contributed by atoms with van der Waals surface area (Å²) in [6.07, 6.45) is 3.32. The van der Waals surface area contributed by atoms with E-state index in [0.717, 1.165) is 19.3 Å². The minimum atomic E-state index is -0.0484. The zero-order valence-electron chi connectivity index (χ0n) is 14.6. The molecule has 1 aliphatic rings. The van der Waals surface area contributed by atoms with Gasteiger partial charge in [0.05, 0.1) is 13.2 Å². The molecule has 1 saturated carbocycles. The van der Waals surface area contributed by atoms with Crippen LogP contribution in [-0.2, 0) is 0 Å². The Bertz CT molecular complexity index is 531. The van der Waals surface area contributed by atoms with Crippen LogP contribution < -0.4 is 14.8 Å². The number of benzene rings is 1. The Hall–Kier alpha value is -1.75. The number of amides is 1. The van der Waals surface area contributed by atoms with Crippen LogP contribution in [0.5, 0.6) is 11.5 Å². The highest BCUT2D eigenvalue weighted by Crippen LogP contribution is 2.29. The fourth-order valence-electron chi connectivity index (χ4n) is 3.17. The van der Waals surface area contributed by atoms with E-state index in [-0.39, 0.29) is 11.9 Å². The predicted molar refractivity (Wildman–Crippen MR) is 91.4 cm³/mol. The molecule has 1 fully saturated rings. The first-order chi connectivity index (χ1) is 11.1. The van der Waals surface area contributed by atoms with E-state index in [4.69, 9.17) is 9.47 Å². The highest BCUT2D eigenvalue weighted by Gasteiger charge is 2.30. The lowest BCUT2D eigenvalue weighted by atomic mass is 10.1. The van der Waals surface area contributed by atoms with Crippen molar-refractivity contribution in [2.45, 2.75) is 45.2 Å². The quantitative estimate of drug-likeness (QED) is 0.839. The van der Waals surface area contributed by atoms with Crippen molar-refractivity contribution in [3.8, 4) is 11.5 Å². The molecule has 1 amide bonds. The lowest BCUT2D eigenvalue weighted by molar-refractivity contribution is 0.0918. The van der Waals surface area contributed by atoms with Gasteiger partial charge in [-0.15, -0.1) is 0 Å². The molecule has 2 atom stereocenters. The second-order valence-corrected chi connectivity index (χ2v) is 6.07. The molecule has 5 nitrogen and oxygen atoms in total. The summed E-state index contributed by atoms with van der Waals surface area (Å²) in [7, 11) is 4.14. The van der Waals surface area contributed by atoms with E-state index >= 15 is 0 Å². The number of likely N-dealkylation sites (N-methyl/N-ethyl adjacent to an activating group) is 1. The molecule has 1 aromatic rings. The average molecular weight is 320 g/mol. The number of carbonyl (C=O) groups is 1. The first-order valence-corrected chi connectivity index (χ1v) is 8.43. The number of nitrogens with one attached hydrogen (secondary N) is 1. The number of rotatable bonds is 7. The number of ether oxygens (including phenoxy) is 2. The molecule has 1 N–H and O–H groups in total. The number of hydrogen-bond acceptors (Lipinski definition) is 4. The Morgan fingerprint density at radius 2 is 1.87 bits per heavy atom. The van der Waals surface area contributed by atoms with Crippen LogP contribution >= 0.6 is 0 Å². The summed E-state index contributed by atoms with van der Waals surface area (Å²) in [5.41, 5.74) is 0.612. The molecule has 5 heteroatoms. The van der Waals surface area contributed by atoms with Gasteiger partial charge < -0.3 is 19.7 Å². The second-order valence-electron chi connectivity index (χ2n) is 6.07. The number of hydrogen-bond donors (Lipinski definition) is 1. The molecule has 23 heavy (non-hydrogen) atoms. The van der Waals surface area contributed by atoms with Gasteiger partial charge in [0.15, 0.2) is 11.5 Å². The van der Waals surface area contributed by atoms with Gasteiger partial charge >= 0.3 is 0 Å². The molecule has 0 unspecified atom stereocenters. The van der Waals surface area contributed by atoms with Crippen molar-refractivity contribution in [3.05, 3.63) is 23.8 Å². The predicted octanol–water partition coefficient (Wildman–Crippen LogP) is 2.70. The highest BCUT2D eigenvalue weighted by molar-refractivity contribution is 5.95. The molecule has 0 spiro atoms. The maximum atomic E-state index is 12.6. The normalized spacial score (nSPS) is 20.6. The van der Waals surface area contributed by atoms with Crippen molar-refractivity contribution in [2.24, 2.45) is 0 Å². The van der Waals surface area contributed by atoms with Crippen molar-refractivity contribution < 1.29 is 14.3 Å². The van der Waals surface area contributed by atoms with Crippen LogP contribution in [0, 0.1) is 0 Å². The summed E-state index contributed by atoms with van der Waals surface area (Å²) in [6.45, 7) is 4.95. The molecule has 0 aliphatic heterocycles. The van der Waals surface area contributed by atoms with Crippen LogP contribution in [0.2, 0.25) is 0 Å². The van der Waals surface area contributed by atoms with E-state index < -0.39 is 0 Å². The van der Waals surface area contributed by atoms with Crippen LogP contribution in [0.15, 0.2) is 18.2 Å². The summed E-state index contributed by atoms with van der Waals surface area (Å²) in [5.74, 6) is 1.25. The summed E-state index contributed by atoms with van der Waals surface area (Å²) in [5, 5.41) is 3.17. The lowest BCUT2D eigenvalue weighted by Crippen LogP contribution is -2.46. The minimum Gasteiger partial charge on any atom is -0.490 e. The van der Waals surface area contributed by atoms with E-state index in [1.54, 1.807) is 12.1 Å². The molecule has 0 aromatic heterocycles. The maximum Gasteiger partial charge on any atom is 0.251 e. The van der Waals surface area contributed by atoms with E-state index in [1.165, 1.54) is 0 Å². The Balaban J connectivity index is 2.11. The smallest absolute Gasteiger partial charge is 0.251 e. The van der Waals surface area contributed by atoms with Crippen LogP contribution in [0.4, 0.5) is 0 Å². The Morgan fingerprint density at radius 1 is 1.17 bits per heavy atom. The van der Waals surface area contributed by atoms with Gasteiger partial charge in [-0.1, -0.05) is 0 Å². The number of carbonyl (C=O) groups excluding carboxylic acids is 1. The molecule has 128 valence electrons. The van der Waals surface area contributed by atoms with Crippen molar-refractivity contribution in [1.82, 2.24) is 10.2 Å². The molecule has 1 aromatic carbocycles. The van der Waals surface area contributed by atoms with Crippen molar-refractivity contribution >= 4 is 5.91 Å². The molecule has 1 aliphatic carbocycles. The van der Waals surface area contributed by atoms with Crippen LogP contribution in [-0.4, -0.2) is 50.2 Å². The van der Waals surface area contributed by atoms with Gasteiger partial charge in [-0.05, 0) is 65.4 Å². The van der Waals surface area contributed by atoms with E-state index in [9.17, 15) is 4.79 Å². The van der Waals surface area contributed by atoms with Crippen molar-refractivity contribution in [3.63, 3.8) is 0 Å². The Kier molecular flexibility index (Phi) is 6.28. The van der Waals surface area contributed by atoms with Crippen LogP contribution in [0.3, 0.4) is 0 Å². The summed E-state index contributed by atoms with van der Waals surface area (Å²) >= 11 is 0. The molecule has 0 radical (unpaired) electrons. The van der Waals surface area contributed by atoms with Crippen LogP contribution in [0.25, 0.3) is 0 Å². The third-order valence-corrected chi connectivity index (χ3v) is 4.26.